The number of halogens is 2. The number of aromatic nitrogens is 1. The highest BCUT2D eigenvalue weighted by Gasteiger charge is 2.25. The van der Waals surface area contributed by atoms with Crippen LogP contribution < -0.4 is 10.6 Å². The Bertz CT molecular complexity index is 1290. The van der Waals surface area contributed by atoms with Gasteiger partial charge in [-0.05, 0) is 56.2 Å². The fraction of sp³-hybridized carbons (Fsp3) is 0.308. The molecule has 0 unspecified atom stereocenters. The molecule has 2 amide bonds. The average molecular weight is 564 g/mol. The van der Waals surface area contributed by atoms with Crippen molar-refractivity contribution >= 4 is 64.5 Å². The summed E-state index contributed by atoms with van der Waals surface area (Å²) in [5.74, 6) is -1.85. The Morgan fingerprint density at radius 1 is 1.14 bits per heavy atom. The minimum Gasteiger partial charge on any atom is -0.478 e. The number of aryl methyl sites for hydroxylation is 1. The monoisotopic (exact) mass is 562 g/mol. The molecule has 8 nitrogen and oxygen atoms in total. The van der Waals surface area contributed by atoms with Gasteiger partial charge in [0.05, 0.1) is 16.9 Å². The van der Waals surface area contributed by atoms with E-state index in [1.54, 1.807) is 36.4 Å². The normalized spacial score (nSPS) is 13.0. The number of anilines is 2. The van der Waals surface area contributed by atoms with E-state index >= 15 is 0 Å². The van der Waals surface area contributed by atoms with Gasteiger partial charge in [0, 0.05) is 47.6 Å². The smallest absolute Gasteiger partial charge is 0.337 e. The van der Waals surface area contributed by atoms with Crippen LogP contribution in [0.4, 0.5) is 11.4 Å². The lowest BCUT2D eigenvalue weighted by molar-refractivity contribution is -0.116. The number of carboxylic acids is 1. The number of aromatic carboxylic acids is 1. The molecule has 0 radical (unpaired) electrons. The van der Waals surface area contributed by atoms with Gasteiger partial charge in [0.15, 0.2) is 5.01 Å². The summed E-state index contributed by atoms with van der Waals surface area (Å²) in [7, 11) is 0. The van der Waals surface area contributed by atoms with Crippen molar-refractivity contribution in [3.8, 4) is 0 Å². The summed E-state index contributed by atoms with van der Waals surface area (Å²) in [6, 6.07) is 11.9. The molecule has 1 aliphatic rings. The Labute approximate surface area is 230 Å². The molecule has 0 fully saturated rings. The summed E-state index contributed by atoms with van der Waals surface area (Å²) >= 11 is 7.22. The van der Waals surface area contributed by atoms with Crippen molar-refractivity contribution in [2.75, 3.05) is 17.2 Å². The van der Waals surface area contributed by atoms with Gasteiger partial charge >= 0.3 is 5.97 Å². The number of thiazole rings is 1. The molecule has 0 saturated heterocycles. The predicted molar refractivity (Wildman–Crippen MR) is 148 cm³/mol. The van der Waals surface area contributed by atoms with E-state index in [4.69, 9.17) is 11.6 Å². The first-order valence-electron chi connectivity index (χ1n) is 11.7. The number of amides is 2. The van der Waals surface area contributed by atoms with Gasteiger partial charge in [-0.15, -0.1) is 23.7 Å². The van der Waals surface area contributed by atoms with Gasteiger partial charge in [0.1, 0.15) is 0 Å². The van der Waals surface area contributed by atoms with Crippen LogP contribution in [0.3, 0.4) is 0 Å². The Balaban J connectivity index is 0.00000380. The molecule has 3 N–H and O–H groups in total. The van der Waals surface area contributed by atoms with Crippen LogP contribution in [0.2, 0.25) is 5.02 Å². The number of benzene rings is 2. The third-order valence-corrected chi connectivity index (χ3v) is 7.39. The first-order valence-corrected chi connectivity index (χ1v) is 12.8. The van der Waals surface area contributed by atoms with Gasteiger partial charge in [-0.3, -0.25) is 14.5 Å². The molecule has 3 aromatic rings. The maximum atomic E-state index is 13.1. The van der Waals surface area contributed by atoms with Gasteiger partial charge in [-0.1, -0.05) is 23.7 Å². The third-order valence-electron chi connectivity index (χ3n) is 6.05. The first kappa shape index (κ1) is 28.6. The van der Waals surface area contributed by atoms with Gasteiger partial charge in [-0.25, -0.2) is 9.78 Å². The van der Waals surface area contributed by atoms with Crippen LogP contribution in [-0.2, 0) is 24.2 Å². The zero-order chi connectivity index (χ0) is 25.8. The van der Waals surface area contributed by atoms with Crippen LogP contribution in [0.15, 0.2) is 42.5 Å². The van der Waals surface area contributed by atoms with Crippen molar-refractivity contribution in [1.29, 1.82) is 0 Å². The molecule has 0 spiro atoms. The van der Waals surface area contributed by atoms with Crippen LogP contribution in [0.1, 0.15) is 56.6 Å². The SMILES string of the molecule is CC(C)N1CCc2nc(C(=O)Nc3c(CCC(=O)Nc4ccc(Cl)cc4)cccc3C(=O)O)sc2C1.Cl. The van der Waals surface area contributed by atoms with Gasteiger partial charge in [0.2, 0.25) is 5.91 Å². The molecule has 1 aliphatic heterocycles. The van der Waals surface area contributed by atoms with Crippen LogP contribution in [0.5, 0.6) is 0 Å². The maximum absolute atomic E-state index is 13.1. The summed E-state index contributed by atoms with van der Waals surface area (Å²) in [6.07, 6.45) is 1.12. The van der Waals surface area contributed by atoms with Crippen molar-refractivity contribution < 1.29 is 19.5 Å². The fourth-order valence-electron chi connectivity index (χ4n) is 4.06. The molecular weight excluding hydrogens is 535 g/mol. The number of fused-ring (bicyclic) bond motifs is 1. The second-order valence-corrected chi connectivity index (χ2v) is 10.4. The van der Waals surface area contributed by atoms with Crippen molar-refractivity contribution in [3.63, 3.8) is 0 Å². The molecule has 196 valence electrons. The Morgan fingerprint density at radius 3 is 2.54 bits per heavy atom. The lowest BCUT2D eigenvalue weighted by Gasteiger charge is -2.29. The molecule has 2 aromatic carbocycles. The highest BCUT2D eigenvalue weighted by Crippen LogP contribution is 2.29. The maximum Gasteiger partial charge on any atom is 0.337 e. The van der Waals surface area contributed by atoms with Crippen molar-refractivity contribution in [1.82, 2.24) is 9.88 Å². The number of rotatable bonds is 8. The van der Waals surface area contributed by atoms with Crippen LogP contribution in [-0.4, -0.2) is 45.4 Å². The molecule has 4 rings (SSSR count). The summed E-state index contributed by atoms with van der Waals surface area (Å²) in [5.41, 5.74) is 2.24. The summed E-state index contributed by atoms with van der Waals surface area (Å²) in [5, 5.41) is 16.1. The van der Waals surface area contributed by atoms with Crippen molar-refractivity contribution in [2.24, 2.45) is 0 Å². The standard InChI is InChI=1S/C26H27ClN4O4S.ClH/c1-15(2)31-13-12-20-21(14-31)36-25(29-20)24(33)30-23-16(4-3-5-19(23)26(34)35)6-11-22(32)28-18-9-7-17(27)8-10-18;/h3-5,7-10,15H,6,11-14H2,1-2H3,(H,28,32)(H,30,33)(H,34,35);1H. The summed E-state index contributed by atoms with van der Waals surface area (Å²) < 4.78 is 0. The number of para-hydroxylation sites is 1. The number of nitrogens with zero attached hydrogens (tertiary/aromatic N) is 2. The third kappa shape index (κ3) is 7.07. The van der Waals surface area contributed by atoms with E-state index in [1.165, 1.54) is 17.4 Å². The Hall–Kier alpha value is -2.98. The van der Waals surface area contributed by atoms with Crippen LogP contribution >= 0.6 is 35.3 Å². The van der Waals surface area contributed by atoms with Crippen LogP contribution in [0, 0.1) is 0 Å². The topological polar surface area (TPSA) is 112 Å². The van der Waals surface area contributed by atoms with Crippen LogP contribution in [0.25, 0.3) is 0 Å². The molecule has 37 heavy (non-hydrogen) atoms. The highest BCUT2D eigenvalue weighted by molar-refractivity contribution is 7.13. The van der Waals surface area contributed by atoms with Crippen molar-refractivity contribution in [2.45, 2.75) is 45.7 Å². The molecule has 2 heterocycles. The average Bonchev–Trinajstić information content (AvgIpc) is 3.28. The minimum atomic E-state index is -1.16. The zero-order valence-electron chi connectivity index (χ0n) is 20.4. The predicted octanol–water partition coefficient (Wildman–Crippen LogP) is 5.51. The number of hydrogen-bond donors (Lipinski definition) is 3. The second kappa shape index (κ2) is 12.5. The summed E-state index contributed by atoms with van der Waals surface area (Å²) in [4.78, 5) is 45.4. The molecular formula is C26H28Cl2N4O4S. The molecule has 0 saturated carbocycles. The Morgan fingerprint density at radius 2 is 1.86 bits per heavy atom. The Kier molecular flexibility index (Phi) is 9.67. The number of carbonyl (C=O) groups is 3. The summed E-state index contributed by atoms with van der Waals surface area (Å²) in [6.45, 7) is 5.91. The van der Waals surface area contributed by atoms with Crippen molar-refractivity contribution in [3.05, 3.63) is 74.2 Å². The number of carboxylic acid groups (broad SMARTS) is 1. The van der Waals surface area contributed by atoms with E-state index in [0.717, 1.165) is 30.1 Å². The molecule has 0 aliphatic carbocycles. The van der Waals surface area contributed by atoms with Gasteiger partial charge in [-0.2, -0.15) is 0 Å². The quantitative estimate of drug-likeness (QED) is 0.334. The first-order chi connectivity index (χ1) is 17.2. The van der Waals surface area contributed by atoms with E-state index in [0.29, 0.717) is 27.3 Å². The lowest BCUT2D eigenvalue weighted by atomic mass is 10.0. The molecule has 0 bridgehead atoms. The minimum absolute atomic E-state index is 0. The lowest BCUT2D eigenvalue weighted by Crippen LogP contribution is -2.35. The largest absolute Gasteiger partial charge is 0.478 e. The van der Waals surface area contributed by atoms with E-state index < -0.39 is 11.9 Å². The fourth-order valence-corrected chi connectivity index (χ4v) is 5.21. The number of carbonyl (C=O) groups excluding carboxylic acids is 2. The van der Waals surface area contributed by atoms with E-state index in [9.17, 15) is 19.5 Å². The van der Waals surface area contributed by atoms with Gasteiger partial charge in [0.25, 0.3) is 5.91 Å². The van der Waals surface area contributed by atoms with E-state index in [2.05, 4.69) is 34.4 Å². The highest BCUT2D eigenvalue weighted by atomic mass is 35.5. The van der Waals surface area contributed by atoms with E-state index in [-0.39, 0.29) is 42.4 Å². The molecule has 0 atom stereocenters. The zero-order valence-corrected chi connectivity index (χ0v) is 22.8. The number of nitrogens with one attached hydrogen (secondary N) is 2. The van der Waals surface area contributed by atoms with E-state index in [1.807, 2.05) is 0 Å². The van der Waals surface area contributed by atoms with Gasteiger partial charge < -0.3 is 15.7 Å². The molecule has 1 aromatic heterocycles. The number of hydrogen-bond acceptors (Lipinski definition) is 6. The molecule has 11 heteroatoms. The second-order valence-electron chi connectivity index (χ2n) is 8.86.